The van der Waals surface area contributed by atoms with Crippen molar-refractivity contribution in [2.24, 2.45) is 0 Å². The number of anilines is 1. The van der Waals surface area contributed by atoms with Gasteiger partial charge in [0.05, 0.1) is 50.2 Å². The standard InChI is InChI=1S/C19H14BrN3O.C19H12BrN3/c20-13-10-11-15(21)18(12-13)23-17-9-5-4-8-16(17)22(19(23)24)14-6-2-1-3-7-14;20-13-10-11-15-18(12-13)23-17-9-5-4-8-16(17)22(19(23)21-15)14-6-2-1-3-7-14/h1-12H,21H2;1-12H. The van der Waals surface area contributed by atoms with Crippen molar-refractivity contribution in [3.05, 3.63) is 165 Å². The van der Waals surface area contributed by atoms with Crippen molar-refractivity contribution in [2.45, 2.75) is 0 Å². The lowest BCUT2D eigenvalue weighted by Gasteiger charge is -2.07. The molecule has 0 atom stereocenters. The van der Waals surface area contributed by atoms with Crippen LogP contribution < -0.4 is 11.4 Å². The number of halogens is 2. The molecule has 3 heterocycles. The van der Waals surface area contributed by atoms with Crippen molar-refractivity contribution in [3.63, 3.8) is 0 Å². The van der Waals surface area contributed by atoms with E-state index >= 15 is 0 Å². The number of imidazole rings is 3. The van der Waals surface area contributed by atoms with Gasteiger partial charge in [-0.25, -0.2) is 9.78 Å². The van der Waals surface area contributed by atoms with E-state index in [1.165, 1.54) is 0 Å². The van der Waals surface area contributed by atoms with E-state index in [9.17, 15) is 4.79 Å². The fraction of sp³-hybridized carbons (Fsp3) is 0. The van der Waals surface area contributed by atoms with Crippen LogP contribution in [0.3, 0.4) is 0 Å². The van der Waals surface area contributed by atoms with Gasteiger partial charge in [0.2, 0.25) is 5.78 Å². The molecule has 0 aliphatic carbocycles. The van der Waals surface area contributed by atoms with Crippen LogP contribution in [0.4, 0.5) is 5.69 Å². The summed E-state index contributed by atoms with van der Waals surface area (Å²) in [6.07, 6.45) is 0. The minimum absolute atomic E-state index is 0.146. The van der Waals surface area contributed by atoms with Crippen molar-refractivity contribution in [1.82, 2.24) is 23.1 Å². The van der Waals surface area contributed by atoms with Gasteiger partial charge in [-0.3, -0.25) is 18.1 Å². The first-order chi connectivity index (χ1) is 23.0. The average Bonchev–Trinajstić information content (AvgIpc) is 3.73. The third-order valence-corrected chi connectivity index (χ3v) is 9.16. The fourth-order valence-electron chi connectivity index (χ4n) is 6.12. The van der Waals surface area contributed by atoms with Gasteiger partial charge in [0.15, 0.2) is 0 Å². The van der Waals surface area contributed by atoms with Gasteiger partial charge in [-0.1, -0.05) is 92.5 Å². The smallest absolute Gasteiger partial charge is 0.338 e. The zero-order valence-electron chi connectivity index (χ0n) is 24.8. The van der Waals surface area contributed by atoms with E-state index in [1.54, 1.807) is 15.2 Å². The Balaban J connectivity index is 0.000000138. The van der Waals surface area contributed by atoms with Crippen molar-refractivity contribution >= 4 is 76.4 Å². The molecule has 2 N–H and O–H groups in total. The summed E-state index contributed by atoms with van der Waals surface area (Å²) in [5.74, 6) is 0.936. The molecule has 0 saturated heterocycles. The molecule has 0 saturated carbocycles. The van der Waals surface area contributed by atoms with Crippen molar-refractivity contribution in [1.29, 1.82) is 0 Å². The zero-order valence-corrected chi connectivity index (χ0v) is 28.0. The van der Waals surface area contributed by atoms with Gasteiger partial charge in [-0.05, 0) is 84.9 Å². The Labute approximate surface area is 286 Å². The number of hydrogen-bond acceptors (Lipinski definition) is 3. The maximum absolute atomic E-state index is 13.2. The Bertz CT molecular complexity index is 2640. The lowest BCUT2D eigenvalue weighted by molar-refractivity contribution is 0.931. The van der Waals surface area contributed by atoms with Crippen LogP contribution in [0, 0.1) is 0 Å². The van der Waals surface area contributed by atoms with E-state index in [-0.39, 0.29) is 5.69 Å². The Morgan fingerprint density at radius 2 is 1.02 bits per heavy atom. The molecule has 3 aromatic heterocycles. The van der Waals surface area contributed by atoms with Gasteiger partial charge >= 0.3 is 5.69 Å². The Kier molecular flexibility index (Phi) is 7.27. The highest BCUT2D eigenvalue weighted by molar-refractivity contribution is 9.10. The predicted molar refractivity (Wildman–Crippen MR) is 198 cm³/mol. The number of para-hydroxylation sites is 6. The van der Waals surface area contributed by atoms with Crippen LogP contribution >= 0.6 is 31.9 Å². The number of aromatic nitrogens is 5. The molecule has 0 bridgehead atoms. The molecule has 0 aliphatic rings. The van der Waals surface area contributed by atoms with Gasteiger partial charge in [-0.15, -0.1) is 0 Å². The molecule has 47 heavy (non-hydrogen) atoms. The Morgan fingerprint density at radius 1 is 0.511 bits per heavy atom. The first-order valence-corrected chi connectivity index (χ1v) is 16.5. The van der Waals surface area contributed by atoms with Crippen LogP contribution in [0.2, 0.25) is 0 Å². The van der Waals surface area contributed by atoms with E-state index < -0.39 is 0 Å². The topological polar surface area (TPSA) is 75.2 Å². The third kappa shape index (κ3) is 4.95. The van der Waals surface area contributed by atoms with Gasteiger partial charge in [-0.2, -0.15) is 0 Å². The second-order valence-corrected chi connectivity index (χ2v) is 12.9. The van der Waals surface area contributed by atoms with E-state index in [1.807, 2.05) is 78.9 Å². The minimum atomic E-state index is -0.146. The summed E-state index contributed by atoms with van der Waals surface area (Å²) in [7, 11) is 0. The highest BCUT2D eigenvalue weighted by Gasteiger charge is 2.18. The molecule has 9 heteroatoms. The maximum Gasteiger partial charge on any atom is 0.338 e. The van der Waals surface area contributed by atoms with Crippen LogP contribution in [0.1, 0.15) is 0 Å². The van der Waals surface area contributed by atoms with E-state index in [0.717, 1.165) is 59.2 Å². The summed E-state index contributed by atoms with van der Waals surface area (Å²) in [6.45, 7) is 0. The summed E-state index contributed by atoms with van der Waals surface area (Å²) in [5, 5.41) is 0. The maximum atomic E-state index is 13.2. The van der Waals surface area contributed by atoms with Crippen molar-refractivity contribution in [3.8, 4) is 17.1 Å². The van der Waals surface area contributed by atoms with Crippen LogP contribution in [0.5, 0.6) is 0 Å². The van der Waals surface area contributed by atoms with Gasteiger partial charge < -0.3 is 5.73 Å². The molecule has 6 aromatic carbocycles. The summed E-state index contributed by atoms with van der Waals surface area (Å²) >= 11 is 7.03. The van der Waals surface area contributed by atoms with Crippen LogP contribution in [0.15, 0.2) is 159 Å². The highest BCUT2D eigenvalue weighted by Crippen LogP contribution is 2.30. The lowest BCUT2D eigenvalue weighted by Crippen LogP contribution is -2.22. The molecule has 0 spiro atoms. The molecule has 0 radical (unpaired) electrons. The van der Waals surface area contributed by atoms with E-state index in [0.29, 0.717) is 11.4 Å². The Morgan fingerprint density at radius 3 is 1.68 bits per heavy atom. The molecular formula is C38H26Br2N6O. The largest absolute Gasteiger partial charge is 0.397 e. The van der Waals surface area contributed by atoms with Crippen molar-refractivity contribution in [2.75, 3.05) is 5.73 Å². The summed E-state index contributed by atoms with van der Waals surface area (Å²) in [4.78, 5) is 18.1. The molecule has 0 amide bonds. The average molecular weight is 742 g/mol. The second kappa shape index (κ2) is 11.8. The summed E-state index contributed by atoms with van der Waals surface area (Å²) < 4.78 is 9.72. The number of fused-ring (bicyclic) bond motifs is 6. The molecule has 9 rings (SSSR count). The lowest BCUT2D eigenvalue weighted by atomic mass is 10.2. The molecule has 0 aliphatic heterocycles. The third-order valence-electron chi connectivity index (χ3n) is 8.17. The summed E-state index contributed by atoms with van der Waals surface area (Å²) in [6, 6.07) is 47.8. The SMILES string of the molecule is Brc1ccc2nc3n(-c4ccccc4)c4ccccc4n3c2c1.Nc1ccc(Br)cc1-n1c(=O)n(-c2ccccc2)c2ccccc21. The number of hydrogen-bond donors (Lipinski definition) is 1. The molecule has 7 nitrogen and oxygen atoms in total. The van der Waals surface area contributed by atoms with Gasteiger partial charge in [0.25, 0.3) is 0 Å². The minimum Gasteiger partial charge on any atom is -0.397 e. The molecular weight excluding hydrogens is 716 g/mol. The van der Waals surface area contributed by atoms with Gasteiger partial charge in [0.1, 0.15) is 0 Å². The van der Waals surface area contributed by atoms with Crippen LogP contribution in [0.25, 0.3) is 55.9 Å². The molecule has 0 unspecified atom stereocenters. The number of nitrogens with two attached hydrogens (primary N) is 1. The second-order valence-electron chi connectivity index (χ2n) is 11.0. The van der Waals surface area contributed by atoms with Gasteiger partial charge in [0, 0.05) is 14.6 Å². The molecule has 0 fully saturated rings. The first-order valence-electron chi connectivity index (χ1n) is 15.0. The summed E-state index contributed by atoms with van der Waals surface area (Å²) in [5.41, 5.74) is 15.2. The van der Waals surface area contributed by atoms with Crippen LogP contribution in [-0.4, -0.2) is 23.1 Å². The predicted octanol–water partition coefficient (Wildman–Crippen LogP) is 9.32. The monoisotopic (exact) mass is 740 g/mol. The molecule has 9 aromatic rings. The normalized spacial score (nSPS) is 11.4. The van der Waals surface area contributed by atoms with Crippen molar-refractivity contribution < 1.29 is 0 Å². The fourth-order valence-corrected chi connectivity index (χ4v) is 6.82. The zero-order chi connectivity index (χ0) is 32.1. The highest BCUT2D eigenvalue weighted by atomic mass is 79.9. The van der Waals surface area contributed by atoms with E-state index in [4.69, 9.17) is 10.7 Å². The molecule has 228 valence electrons. The number of rotatable bonds is 3. The number of nitrogen functional groups attached to an aromatic ring is 1. The Hall–Kier alpha value is -5.38. The number of nitrogens with zero attached hydrogens (tertiary/aromatic N) is 5. The van der Waals surface area contributed by atoms with Crippen LogP contribution in [-0.2, 0) is 0 Å². The van der Waals surface area contributed by atoms with E-state index in [2.05, 4.69) is 101 Å². The quantitative estimate of drug-likeness (QED) is 0.184. The number of benzene rings is 6. The first kappa shape index (κ1) is 29.1.